The van der Waals surface area contributed by atoms with Gasteiger partial charge in [0.1, 0.15) is 25.1 Å². The van der Waals surface area contributed by atoms with Crippen LogP contribution in [0.3, 0.4) is 0 Å². The van der Waals surface area contributed by atoms with Gasteiger partial charge in [-0.15, -0.1) is 0 Å². The summed E-state index contributed by atoms with van der Waals surface area (Å²) in [4.78, 5) is 6.73. The van der Waals surface area contributed by atoms with Gasteiger partial charge in [0.15, 0.2) is 11.5 Å². The number of aliphatic hydroxyl groups excluding tert-OH is 1. The van der Waals surface area contributed by atoms with Crippen molar-refractivity contribution in [1.29, 1.82) is 0 Å². The lowest BCUT2D eigenvalue weighted by molar-refractivity contribution is 0.0492. The number of aryl methyl sites for hydroxylation is 1. The maximum Gasteiger partial charge on any atom is 0.161 e. The number of aliphatic hydroxyl groups is 1. The highest BCUT2D eigenvalue weighted by Crippen LogP contribution is 2.33. The van der Waals surface area contributed by atoms with Crippen molar-refractivity contribution in [2.45, 2.75) is 25.5 Å². The molecule has 0 radical (unpaired) electrons. The van der Waals surface area contributed by atoms with Gasteiger partial charge in [-0.2, -0.15) is 0 Å². The Balaban J connectivity index is 1.34. The maximum absolute atomic E-state index is 10.6. The summed E-state index contributed by atoms with van der Waals surface area (Å²) in [7, 11) is 1.93. The first kappa shape index (κ1) is 16.4. The van der Waals surface area contributed by atoms with Crippen LogP contribution in [0.2, 0.25) is 0 Å². The van der Waals surface area contributed by atoms with E-state index in [1.807, 2.05) is 23.9 Å². The summed E-state index contributed by atoms with van der Waals surface area (Å²) >= 11 is 0. The average Bonchev–Trinajstić information content (AvgIpc) is 3.08. The van der Waals surface area contributed by atoms with Crippen molar-refractivity contribution in [3.63, 3.8) is 0 Å². The van der Waals surface area contributed by atoms with Crippen molar-refractivity contribution >= 4 is 0 Å². The van der Waals surface area contributed by atoms with E-state index >= 15 is 0 Å². The molecule has 1 saturated heterocycles. The van der Waals surface area contributed by atoms with Gasteiger partial charge in [0.2, 0.25) is 0 Å². The van der Waals surface area contributed by atoms with Gasteiger partial charge in [0.25, 0.3) is 0 Å². The van der Waals surface area contributed by atoms with Crippen LogP contribution in [-0.4, -0.2) is 45.9 Å². The van der Waals surface area contributed by atoms with Crippen molar-refractivity contribution in [2.24, 2.45) is 13.0 Å². The maximum atomic E-state index is 10.6. The van der Waals surface area contributed by atoms with Crippen LogP contribution in [0.15, 0.2) is 30.6 Å². The number of nitrogens with zero attached hydrogens (tertiary/aromatic N) is 3. The highest BCUT2D eigenvalue weighted by molar-refractivity contribution is 5.43. The van der Waals surface area contributed by atoms with E-state index in [1.165, 1.54) is 5.56 Å². The monoisotopic (exact) mass is 343 g/mol. The summed E-state index contributed by atoms with van der Waals surface area (Å²) in [6.45, 7) is 4.12. The molecule has 25 heavy (non-hydrogen) atoms. The van der Waals surface area contributed by atoms with Crippen LogP contribution in [0.1, 0.15) is 30.3 Å². The molecular formula is C19H25N3O3. The van der Waals surface area contributed by atoms with Crippen LogP contribution in [0, 0.1) is 5.92 Å². The topological polar surface area (TPSA) is 59.8 Å². The molecule has 1 N–H and O–H groups in total. The predicted octanol–water partition coefficient (Wildman–Crippen LogP) is 2.14. The zero-order valence-corrected chi connectivity index (χ0v) is 14.6. The Labute approximate surface area is 148 Å². The van der Waals surface area contributed by atoms with Crippen LogP contribution >= 0.6 is 0 Å². The Hall–Kier alpha value is -2.05. The van der Waals surface area contributed by atoms with Crippen LogP contribution in [0.25, 0.3) is 0 Å². The van der Waals surface area contributed by atoms with Gasteiger partial charge in [0.05, 0.1) is 0 Å². The fourth-order valence-corrected chi connectivity index (χ4v) is 3.74. The Morgan fingerprint density at radius 2 is 1.96 bits per heavy atom. The number of likely N-dealkylation sites (tertiary alicyclic amines) is 1. The number of ether oxygens (including phenoxy) is 2. The zero-order valence-electron chi connectivity index (χ0n) is 14.6. The lowest BCUT2D eigenvalue weighted by Gasteiger charge is -2.34. The van der Waals surface area contributed by atoms with E-state index in [2.05, 4.69) is 22.0 Å². The molecule has 1 unspecified atom stereocenters. The van der Waals surface area contributed by atoms with E-state index in [0.29, 0.717) is 13.2 Å². The molecule has 1 aromatic carbocycles. The molecule has 1 atom stereocenters. The summed E-state index contributed by atoms with van der Waals surface area (Å²) in [5, 5.41) is 10.6. The van der Waals surface area contributed by atoms with Gasteiger partial charge in [-0.25, -0.2) is 4.98 Å². The summed E-state index contributed by atoms with van der Waals surface area (Å²) in [6.07, 6.45) is 5.12. The number of aromatic nitrogens is 2. The Morgan fingerprint density at radius 1 is 1.20 bits per heavy atom. The molecule has 134 valence electrons. The second-order valence-electron chi connectivity index (χ2n) is 6.93. The first-order valence-electron chi connectivity index (χ1n) is 8.97. The van der Waals surface area contributed by atoms with Gasteiger partial charge in [-0.1, -0.05) is 6.07 Å². The molecule has 2 aliphatic heterocycles. The molecule has 6 heteroatoms. The number of fused-ring (bicyclic) bond motifs is 1. The third-order valence-corrected chi connectivity index (χ3v) is 5.21. The highest BCUT2D eigenvalue weighted by Gasteiger charge is 2.28. The first-order valence-corrected chi connectivity index (χ1v) is 8.97. The van der Waals surface area contributed by atoms with E-state index < -0.39 is 6.10 Å². The van der Waals surface area contributed by atoms with Crippen molar-refractivity contribution in [3.8, 4) is 11.5 Å². The number of piperidine rings is 1. The zero-order chi connectivity index (χ0) is 17.2. The molecule has 2 aliphatic rings. The van der Waals surface area contributed by atoms with Crippen LogP contribution < -0.4 is 9.47 Å². The van der Waals surface area contributed by atoms with Crippen LogP contribution in [-0.2, 0) is 13.6 Å². The van der Waals surface area contributed by atoms with Gasteiger partial charge in [-0.3, -0.25) is 4.90 Å². The molecule has 1 fully saturated rings. The third-order valence-electron chi connectivity index (χ3n) is 5.21. The Morgan fingerprint density at radius 3 is 2.68 bits per heavy atom. The number of benzene rings is 1. The van der Waals surface area contributed by atoms with E-state index in [4.69, 9.17) is 9.47 Å². The number of imidazole rings is 1. The molecule has 0 amide bonds. The predicted molar refractivity (Wildman–Crippen MR) is 93.6 cm³/mol. The summed E-state index contributed by atoms with van der Waals surface area (Å²) in [5.41, 5.74) is 1.24. The van der Waals surface area contributed by atoms with Crippen LogP contribution in [0.4, 0.5) is 0 Å². The van der Waals surface area contributed by atoms with Gasteiger partial charge < -0.3 is 19.1 Å². The molecular weight excluding hydrogens is 318 g/mol. The van der Waals surface area contributed by atoms with E-state index in [-0.39, 0.29) is 5.92 Å². The molecule has 4 rings (SSSR count). The molecule has 0 spiro atoms. The molecule has 0 bridgehead atoms. The number of hydrogen-bond acceptors (Lipinski definition) is 5. The third kappa shape index (κ3) is 3.50. The molecule has 2 aromatic rings. The molecule has 0 aliphatic carbocycles. The summed E-state index contributed by atoms with van der Waals surface area (Å²) in [6, 6.07) is 6.20. The molecule has 3 heterocycles. The van der Waals surface area contributed by atoms with Crippen molar-refractivity contribution in [3.05, 3.63) is 42.0 Å². The van der Waals surface area contributed by atoms with Gasteiger partial charge in [0, 0.05) is 26.0 Å². The quantitative estimate of drug-likeness (QED) is 0.922. The van der Waals surface area contributed by atoms with E-state index in [9.17, 15) is 5.11 Å². The standard InChI is InChI=1S/C19H25N3O3/c1-21-9-6-20-19(21)18(23)15-4-7-22(8-5-15)13-14-2-3-16-17(12-14)25-11-10-24-16/h2-3,6,9,12,15,18,23H,4-5,7-8,10-11,13H2,1H3. The first-order chi connectivity index (χ1) is 12.2. The lowest BCUT2D eigenvalue weighted by atomic mass is 9.90. The fourth-order valence-electron chi connectivity index (χ4n) is 3.74. The second kappa shape index (κ2) is 7.06. The van der Waals surface area contributed by atoms with Gasteiger partial charge in [-0.05, 0) is 49.5 Å². The van der Waals surface area contributed by atoms with E-state index in [0.717, 1.165) is 49.8 Å². The minimum absolute atomic E-state index is 0.276. The molecule has 0 saturated carbocycles. The minimum atomic E-state index is -0.476. The Bertz CT molecular complexity index is 722. The average molecular weight is 343 g/mol. The fraction of sp³-hybridized carbons (Fsp3) is 0.526. The van der Waals surface area contributed by atoms with Crippen molar-refractivity contribution < 1.29 is 14.6 Å². The summed E-state index contributed by atoms with van der Waals surface area (Å²) < 4.78 is 13.2. The molecule has 6 nitrogen and oxygen atoms in total. The Kier molecular flexibility index (Phi) is 4.63. The van der Waals surface area contributed by atoms with Crippen LogP contribution in [0.5, 0.6) is 11.5 Å². The molecule has 1 aromatic heterocycles. The lowest BCUT2D eigenvalue weighted by Crippen LogP contribution is -2.35. The second-order valence-corrected chi connectivity index (χ2v) is 6.93. The smallest absolute Gasteiger partial charge is 0.161 e. The normalized spacial score (nSPS) is 19.8. The van der Waals surface area contributed by atoms with E-state index in [1.54, 1.807) is 6.20 Å². The van der Waals surface area contributed by atoms with Crippen molar-refractivity contribution in [1.82, 2.24) is 14.5 Å². The number of hydrogen-bond donors (Lipinski definition) is 1. The SMILES string of the molecule is Cn1ccnc1C(O)C1CCN(Cc2ccc3c(c2)OCCO3)CC1. The highest BCUT2D eigenvalue weighted by atomic mass is 16.6. The van der Waals surface area contributed by atoms with Gasteiger partial charge >= 0.3 is 0 Å². The largest absolute Gasteiger partial charge is 0.486 e. The van der Waals surface area contributed by atoms with Crippen molar-refractivity contribution in [2.75, 3.05) is 26.3 Å². The minimum Gasteiger partial charge on any atom is -0.486 e. The number of rotatable bonds is 4. The summed E-state index contributed by atoms with van der Waals surface area (Å²) in [5.74, 6) is 2.73.